The first kappa shape index (κ1) is 21.4. The van der Waals surface area contributed by atoms with Gasteiger partial charge in [0.25, 0.3) is 11.8 Å². The van der Waals surface area contributed by atoms with E-state index in [0.717, 1.165) is 50.4 Å². The van der Waals surface area contributed by atoms with Gasteiger partial charge in [0.15, 0.2) is 0 Å². The minimum absolute atomic E-state index is 0.0499. The van der Waals surface area contributed by atoms with E-state index in [4.69, 9.17) is 4.98 Å². The second kappa shape index (κ2) is 9.14. The van der Waals surface area contributed by atoms with Crippen LogP contribution in [0.15, 0.2) is 36.4 Å². The number of piperazine rings is 1. The Kier molecular flexibility index (Phi) is 6.32. The summed E-state index contributed by atoms with van der Waals surface area (Å²) in [5.41, 5.74) is 2.80. The van der Waals surface area contributed by atoms with Gasteiger partial charge < -0.3 is 14.7 Å². The van der Waals surface area contributed by atoms with E-state index in [-0.39, 0.29) is 17.7 Å². The molecule has 0 unspecified atom stereocenters. The van der Waals surface area contributed by atoms with Gasteiger partial charge >= 0.3 is 0 Å². The average molecular weight is 425 g/mol. The Morgan fingerprint density at radius 3 is 2.29 bits per heavy atom. The Labute approximate surface area is 182 Å². The Morgan fingerprint density at radius 2 is 1.61 bits per heavy atom. The lowest BCUT2D eigenvalue weighted by Crippen LogP contribution is -2.47. The lowest BCUT2D eigenvalue weighted by Gasteiger charge is -2.35. The van der Waals surface area contributed by atoms with Gasteiger partial charge in [-0.3, -0.25) is 14.6 Å². The number of pyridine rings is 1. The summed E-state index contributed by atoms with van der Waals surface area (Å²) < 4.78 is 13.5. The number of aryl methyl sites for hydroxylation is 1. The Bertz CT molecular complexity index is 964. The predicted molar refractivity (Wildman–Crippen MR) is 117 cm³/mol. The molecule has 6 nitrogen and oxygen atoms in total. The molecule has 2 amide bonds. The quantitative estimate of drug-likeness (QED) is 0.760. The number of rotatable bonds is 3. The van der Waals surface area contributed by atoms with Gasteiger partial charge in [-0.05, 0) is 57.1 Å². The molecule has 2 aliphatic heterocycles. The average Bonchev–Trinajstić information content (AvgIpc) is 2.79. The molecule has 0 spiro atoms. The minimum Gasteiger partial charge on any atom is -0.339 e. The second-order valence-corrected chi connectivity index (χ2v) is 8.56. The van der Waals surface area contributed by atoms with Gasteiger partial charge in [0.05, 0.1) is 11.3 Å². The van der Waals surface area contributed by atoms with Crippen molar-refractivity contribution in [3.8, 4) is 0 Å². The van der Waals surface area contributed by atoms with Crippen molar-refractivity contribution in [3.63, 3.8) is 0 Å². The number of benzene rings is 1. The highest BCUT2D eigenvalue weighted by Gasteiger charge is 2.30. The zero-order valence-corrected chi connectivity index (χ0v) is 18.2. The van der Waals surface area contributed by atoms with Crippen LogP contribution in [0.4, 0.5) is 4.39 Å². The summed E-state index contributed by atoms with van der Waals surface area (Å²) in [6.45, 7) is 6.28. The van der Waals surface area contributed by atoms with Crippen LogP contribution in [0.2, 0.25) is 0 Å². The molecule has 1 aromatic carbocycles. The normalized spacial score (nSPS) is 18.3. The molecule has 1 aromatic heterocycles. The third-order valence-corrected chi connectivity index (χ3v) is 6.33. The molecule has 4 rings (SSSR count). The molecule has 164 valence electrons. The van der Waals surface area contributed by atoms with Crippen LogP contribution >= 0.6 is 0 Å². The first-order valence-electron chi connectivity index (χ1n) is 10.9. The number of hydrogen-bond donors (Lipinski definition) is 0. The van der Waals surface area contributed by atoms with Gasteiger partial charge in [-0.15, -0.1) is 0 Å². The molecular formula is C24H29FN4O2. The number of likely N-dealkylation sites (tertiary alicyclic amines) is 1. The van der Waals surface area contributed by atoms with Crippen molar-refractivity contribution < 1.29 is 14.0 Å². The maximum absolute atomic E-state index is 13.5. The summed E-state index contributed by atoms with van der Waals surface area (Å²) in [4.78, 5) is 36.6. The molecule has 2 aliphatic rings. The first-order chi connectivity index (χ1) is 14.9. The van der Waals surface area contributed by atoms with Gasteiger partial charge in [-0.2, -0.15) is 0 Å². The van der Waals surface area contributed by atoms with Gasteiger partial charge in [-0.25, -0.2) is 4.39 Å². The van der Waals surface area contributed by atoms with Crippen LogP contribution in [0.3, 0.4) is 0 Å². The summed E-state index contributed by atoms with van der Waals surface area (Å²) in [5, 5.41) is 0. The smallest absolute Gasteiger partial charge is 0.255 e. The van der Waals surface area contributed by atoms with Crippen molar-refractivity contribution in [2.75, 3.05) is 46.3 Å². The van der Waals surface area contributed by atoms with Crippen LogP contribution in [0, 0.1) is 12.7 Å². The molecule has 0 N–H and O–H groups in total. The fourth-order valence-corrected chi connectivity index (χ4v) is 4.41. The fraction of sp³-hybridized carbons (Fsp3) is 0.458. The zero-order valence-electron chi connectivity index (χ0n) is 18.2. The Hall–Kier alpha value is -2.80. The van der Waals surface area contributed by atoms with E-state index in [1.54, 1.807) is 17.0 Å². The lowest BCUT2D eigenvalue weighted by atomic mass is 9.89. The van der Waals surface area contributed by atoms with E-state index in [0.29, 0.717) is 24.2 Å². The van der Waals surface area contributed by atoms with E-state index in [1.807, 2.05) is 24.0 Å². The van der Waals surface area contributed by atoms with Crippen molar-refractivity contribution in [2.24, 2.45) is 0 Å². The van der Waals surface area contributed by atoms with E-state index in [9.17, 15) is 14.0 Å². The van der Waals surface area contributed by atoms with Gasteiger partial charge in [0.1, 0.15) is 5.82 Å². The standard InChI is InChI=1S/C24H29FN4O2/c1-17-6-7-21(24(31)29-14-12-27(2)13-15-29)22(26-17)18-8-10-28(11-9-18)23(30)19-4-3-5-20(25)16-19/h3-7,16,18H,8-15H2,1-2H3. The van der Waals surface area contributed by atoms with Crippen LogP contribution in [0.5, 0.6) is 0 Å². The molecule has 0 atom stereocenters. The fourth-order valence-electron chi connectivity index (χ4n) is 4.41. The maximum atomic E-state index is 13.5. The third-order valence-electron chi connectivity index (χ3n) is 6.33. The van der Waals surface area contributed by atoms with E-state index in [2.05, 4.69) is 11.9 Å². The third kappa shape index (κ3) is 4.77. The summed E-state index contributed by atoms with van der Waals surface area (Å²) >= 11 is 0. The number of likely N-dealkylation sites (N-methyl/N-ethyl adjacent to an activating group) is 1. The van der Waals surface area contributed by atoms with Crippen LogP contribution < -0.4 is 0 Å². The molecule has 3 heterocycles. The summed E-state index contributed by atoms with van der Waals surface area (Å²) in [5.74, 6) is -0.377. The first-order valence-corrected chi connectivity index (χ1v) is 10.9. The molecular weight excluding hydrogens is 395 g/mol. The van der Waals surface area contributed by atoms with Gasteiger partial charge in [0, 0.05) is 56.4 Å². The van der Waals surface area contributed by atoms with Crippen LogP contribution in [-0.2, 0) is 0 Å². The number of carbonyl (C=O) groups excluding carboxylic acids is 2. The highest BCUT2D eigenvalue weighted by atomic mass is 19.1. The maximum Gasteiger partial charge on any atom is 0.255 e. The van der Waals surface area contributed by atoms with E-state index >= 15 is 0 Å². The Balaban J connectivity index is 1.47. The molecule has 31 heavy (non-hydrogen) atoms. The summed E-state index contributed by atoms with van der Waals surface area (Å²) in [7, 11) is 2.07. The van der Waals surface area contributed by atoms with Crippen molar-refractivity contribution in [1.82, 2.24) is 19.7 Å². The highest BCUT2D eigenvalue weighted by molar-refractivity contribution is 5.96. The lowest BCUT2D eigenvalue weighted by molar-refractivity contribution is 0.0654. The number of aromatic nitrogens is 1. The predicted octanol–water partition coefficient (Wildman–Crippen LogP) is 2.94. The van der Waals surface area contributed by atoms with Crippen molar-refractivity contribution in [3.05, 3.63) is 64.7 Å². The molecule has 0 bridgehead atoms. The highest BCUT2D eigenvalue weighted by Crippen LogP contribution is 2.31. The molecule has 2 fully saturated rings. The van der Waals surface area contributed by atoms with Crippen molar-refractivity contribution >= 4 is 11.8 Å². The molecule has 7 heteroatoms. The van der Waals surface area contributed by atoms with Crippen LogP contribution in [-0.4, -0.2) is 77.8 Å². The largest absolute Gasteiger partial charge is 0.339 e. The number of piperidine rings is 1. The number of amides is 2. The molecule has 0 aliphatic carbocycles. The van der Waals surface area contributed by atoms with Gasteiger partial charge in [0.2, 0.25) is 0 Å². The van der Waals surface area contributed by atoms with E-state index < -0.39 is 5.82 Å². The van der Waals surface area contributed by atoms with E-state index in [1.165, 1.54) is 12.1 Å². The van der Waals surface area contributed by atoms with Gasteiger partial charge in [-0.1, -0.05) is 6.07 Å². The minimum atomic E-state index is -0.406. The zero-order chi connectivity index (χ0) is 22.0. The molecule has 0 saturated carbocycles. The monoisotopic (exact) mass is 424 g/mol. The summed E-state index contributed by atoms with van der Waals surface area (Å²) in [6.07, 6.45) is 1.47. The second-order valence-electron chi connectivity index (χ2n) is 8.56. The van der Waals surface area contributed by atoms with Crippen molar-refractivity contribution in [1.29, 1.82) is 0 Å². The number of nitrogens with zero attached hydrogens (tertiary/aromatic N) is 4. The Morgan fingerprint density at radius 1 is 0.935 bits per heavy atom. The molecule has 0 radical (unpaired) electrons. The van der Waals surface area contributed by atoms with Crippen molar-refractivity contribution in [2.45, 2.75) is 25.7 Å². The molecule has 2 saturated heterocycles. The SMILES string of the molecule is Cc1ccc(C(=O)N2CCN(C)CC2)c(C2CCN(C(=O)c3cccc(F)c3)CC2)n1. The van der Waals surface area contributed by atoms with Crippen LogP contribution in [0.1, 0.15) is 50.9 Å². The number of carbonyl (C=O) groups is 2. The summed E-state index contributed by atoms with van der Waals surface area (Å²) in [6, 6.07) is 9.63. The topological polar surface area (TPSA) is 56.8 Å². The molecule has 2 aromatic rings. The number of hydrogen-bond acceptors (Lipinski definition) is 4. The number of halogens is 1. The van der Waals surface area contributed by atoms with Crippen LogP contribution in [0.25, 0.3) is 0 Å².